The SMILES string of the molecule is CP(=O)(O)OCC(CO)NC(=O)CCNC(=O)CCCN=[N+]=[N-]. The van der Waals surface area contributed by atoms with Gasteiger partial charge < -0.3 is 25.2 Å². The first-order chi connectivity index (χ1) is 10.8. The Morgan fingerprint density at radius 3 is 2.65 bits per heavy atom. The highest BCUT2D eigenvalue weighted by Crippen LogP contribution is 2.36. The van der Waals surface area contributed by atoms with Crippen molar-refractivity contribution in [2.45, 2.75) is 25.3 Å². The van der Waals surface area contributed by atoms with Crippen LogP contribution in [0.1, 0.15) is 19.3 Å². The van der Waals surface area contributed by atoms with Crippen LogP contribution in [0.2, 0.25) is 0 Å². The van der Waals surface area contributed by atoms with Crippen LogP contribution in [0.3, 0.4) is 0 Å². The van der Waals surface area contributed by atoms with Crippen LogP contribution in [0.25, 0.3) is 10.4 Å². The molecule has 0 saturated heterocycles. The molecule has 0 aromatic rings. The van der Waals surface area contributed by atoms with E-state index in [0.717, 1.165) is 6.66 Å². The molecule has 0 radical (unpaired) electrons. The van der Waals surface area contributed by atoms with E-state index in [1.807, 2.05) is 0 Å². The zero-order valence-electron chi connectivity index (χ0n) is 12.8. The van der Waals surface area contributed by atoms with Crippen LogP contribution in [0.15, 0.2) is 5.11 Å². The fourth-order valence-corrected chi connectivity index (χ4v) is 1.88. The van der Waals surface area contributed by atoms with E-state index in [-0.39, 0.29) is 38.4 Å². The highest BCUT2D eigenvalue weighted by molar-refractivity contribution is 7.51. The molecule has 0 aromatic carbocycles. The molecule has 12 heteroatoms. The zero-order valence-corrected chi connectivity index (χ0v) is 13.7. The summed E-state index contributed by atoms with van der Waals surface area (Å²) in [7, 11) is -3.68. The molecule has 4 N–H and O–H groups in total. The van der Waals surface area contributed by atoms with Crippen molar-refractivity contribution in [2.24, 2.45) is 5.11 Å². The van der Waals surface area contributed by atoms with Gasteiger partial charge in [-0.1, -0.05) is 5.11 Å². The van der Waals surface area contributed by atoms with Gasteiger partial charge in [0.05, 0.1) is 19.3 Å². The summed E-state index contributed by atoms with van der Waals surface area (Å²) < 4.78 is 15.6. The summed E-state index contributed by atoms with van der Waals surface area (Å²) in [5, 5.41) is 17.3. The Labute approximate surface area is 133 Å². The van der Waals surface area contributed by atoms with Gasteiger partial charge in [0, 0.05) is 37.5 Å². The second-order valence-electron chi connectivity index (χ2n) is 4.70. The van der Waals surface area contributed by atoms with Gasteiger partial charge in [-0.25, -0.2) is 0 Å². The van der Waals surface area contributed by atoms with Gasteiger partial charge >= 0.3 is 7.60 Å². The Hall–Kier alpha value is -1.64. The number of aliphatic hydroxyl groups excluding tert-OH is 1. The Balaban J connectivity index is 3.89. The number of hydrogen-bond acceptors (Lipinski definition) is 6. The maximum absolute atomic E-state index is 11.6. The van der Waals surface area contributed by atoms with E-state index < -0.39 is 26.2 Å². The second-order valence-corrected chi connectivity index (χ2v) is 6.57. The first-order valence-corrected chi connectivity index (χ1v) is 8.93. The Kier molecular flexibility index (Phi) is 11.0. The summed E-state index contributed by atoms with van der Waals surface area (Å²) in [4.78, 5) is 34.5. The number of nitrogens with zero attached hydrogens (tertiary/aromatic N) is 3. The monoisotopic (exact) mass is 351 g/mol. The third-order valence-electron chi connectivity index (χ3n) is 2.50. The lowest BCUT2D eigenvalue weighted by molar-refractivity contribution is -0.123. The van der Waals surface area contributed by atoms with Gasteiger partial charge in [0.15, 0.2) is 0 Å². The third-order valence-corrected chi connectivity index (χ3v) is 3.13. The topological polar surface area (TPSA) is 174 Å². The maximum Gasteiger partial charge on any atom is 0.325 e. The van der Waals surface area contributed by atoms with Gasteiger partial charge in [-0.3, -0.25) is 14.2 Å². The van der Waals surface area contributed by atoms with E-state index in [0.29, 0.717) is 6.42 Å². The van der Waals surface area contributed by atoms with E-state index >= 15 is 0 Å². The van der Waals surface area contributed by atoms with Crippen LogP contribution in [-0.2, 0) is 18.7 Å². The first kappa shape index (κ1) is 21.4. The minimum atomic E-state index is -3.68. The molecular weight excluding hydrogens is 329 g/mol. The Bertz CT molecular complexity index is 476. The minimum absolute atomic E-state index is 0.0124. The molecule has 0 bridgehead atoms. The molecule has 0 spiro atoms. The quantitative estimate of drug-likeness (QED) is 0.125. The molecule has 0 saturated carbocycles. The van der Waals surface area contributed by atoms with Gasteiger partial charge in [0.2, 0.25) is 11.8 Å². The number of carbonyl (C=O) groups excluding carboxylic acids is 2. The summed E-state index contributed by atoms with van der Waals surface area (Å²) in [6, 6.07) is -0.803. The van der Waals surface area contributed by atoms with Crippen LogP contribution in [0.4, 0.5) is 0 Å². The number of carbonyl (C=O) groups is 2. The lowest BCUT2D eigenvalue weighted by atomic mass is 10.3. The lowest BCUT2D eigenvalue weighted by Gasteiger charge is -2.17. The molecule has 2 atom stereocenters. The van der Waals surface area contributed by atoms with Crippen LogP contribution in [0, 0.1) is 0 Å². The molecule has 0 heterocycles. The van der Waals surface area contributed by atoms with E-state index in [1.165, 1.54) is 0 Å². The minimum Gasteiger partial charge on any atom is -0.394 e. The van der Waals surface area contributed by atoms with Crippen LogP contribution in [-0.4, -0.2) is 60.8 Å². The van der Waals surface area contributed by atoms with Crippen molar-refractivity contribution in [1.82, 2.24) is 10.6 Å². The number of nitrogens with one attached hydrogen (secondary N) is 2. The highest BCUT2D eigenvalue weighted by Gasteiger charge is 2.17. The van der Waals surface area contributed by atoms with Gasteiger partial charge in [-0.05, 0) is 12.0 Å². The van der Waals surface area contributed by atoms with Crippen molar-refractivity contribution in [3.05, 3.63) is 10.4 Å². The molecule has 2 amide bonds. The fourth-order valence-electron chi connectivity index (χ4n) is 1.43. The molecule has 0 aliphatic carbocycles. The van der Waals surface area contributed by atoms with Gasteiger partial charge in [0.25, 0.3) is 0 Å². The predicted octanol–water partition coefficient (Wildman–Crippen LogP) is -0.108. The van der Waals surface area contributed by atoms with Crippen molar-refractivity contribution in [2.75, 3.05) is 33.0 Å². The lowest BCUT2D eigenvalue weighted by Crippen LogP contribution is -2.41. The molecule has 132 valence electrons. The van der Waals surface area contributed by atoms with Crippen LogP contribution < -0.4 is 10.6 Å². The predicted molar refractivity (Wildman–Crippen MR) is 81.6 cm³/mol. The molecule has 0 fully saturated rings. The standard InChI is InChI=1S/C11H22N5O6P/c1-23(20,21)22-8-9(7-17)15-11(19)4-6-13-10(18)3-2-5-14-16-12/h9,17H,2-8H2,1H3,(H,13,18)(H,15,19)(H,20,21). The molecule has 0 aliphatic heterocycles. The molecule has 2 unspecified atom stereocenters. The summed E-state index contributed by atoms with van der Waals surface area (Å²) in [6.07, 6.45) is 0.599. The van der Waals surface area contributed by atoms with E-state index in [9.17, 15) is 14.2 Å². The van der Waals surface area contributed by atoms with Crippen LogP contribution in [0.5, 0.6) is 0 Å². The Morgan fingerprint density at radius 1 is 1.39 bits per heavy atom. The zero-order chi connectivity index (χ0) is 17.7. The van der Waals surface area contributed by atoms with Crippen molar-refractivity contribution >= 4 is 19.4 Å². The van der Waals surface area contributed by atoms with Crippen LogP contribution >= 0.6 is 7.60 Å². The summed E-state index contributed by atoms with van der Waals surface area (Å²) in [6.45, 7) is 0.600. The average Bonchev–Trinajstić information content (AvgIpc) is 2.47. The van der Waals surface area contributed by atoms with E-state index in [4.69, 9.17) is 15.5 Å². The maximum atomic E-state index is 11.6. The van der Waals surface area contributed by atoms with Crippen molar-refractivity contribution in [1.29, 1.82) is 0 Å². The molecule has 23 heavy (non-hydrogen) atoms. The normalized spacial score (nSPS) is 14.2. The number of amides is 2. The molecule has 0 rings (SSSR count). The van der Waals surface area contributed by atoms with Crippen molar-refractivity contribution in [3.8, 4) is 0 Å². The Morgan fingerprint density at radius 2 is 2.09 bits per heavy atom. The van der Waals surface area contributed by atoms with E-state index in [1.54, 1.807) is 0 Å². The number of rotatable bonds is 12. The average molecular weight is 351 g/mol. The van der Waals surface area contributed by atoms with Gasteiger partial charge in [-0.2, -0.15) is 0 Å². The summed E-state index contributed by atoms with van der Waals surface area (Å²) in [5.74, 6) is -0.703. The number of aliphatic hydroxyl groups is 1. The second kappa shape index (κ2) is 11.9. The highest BCUT2D eigenvalue weighted by atomic mass is 31.2. The molecule has 11 nitrogen and oxygen atoms in total. The molecule has 0 aliphatic rings. The molecule has 0 aromatic heterocycles. The summed E-state index contributed by atoms with van der Waals surface area (Å²) >= 11 is 0. The fraction of sp³-hybridized carbons (Fsp3) is 0.818. The number of hydrogen-bond donors (Lipinski definition) is 4. The third kappa shape index (κ3) is 13.7. The van der Waals surface area contributed by atoms with Crippen molar-refractivity contribution < 1.29 is 28.7 Å². The van der Waals surface area contributed by atoms with Crippen molar-refractivity contribution in [3.63, 3.8) is 0 Å². The number of azide groups is 1. The first-order valence-electron chi connectivity index (χ1n) is 6.91. The smallest absolute Gasteiger partial charge is 0.325 e. The van der Waals surface area contributed by atoms with E-state index in [2.05, 4.69) is 25.2 Å². The molecular formula is C11H22N5O6P. The van der Waals surface area contributed by atoms with Gasteiger partial charge in [-0.15, -0.1) is 0 Å². The van der Waals surface area contributed by atoms with Gasteiger partial charge in [0.1, 0.15) is 0 Å². The largest absolute Gasteiger partial charge is 0.394 e. The summed E-state index contributed by atoms with van der Waals surface area (Å²) in [5.41, 5.74) is 8.07.